The number of esters is 1. The van der Waals surface area contributed by atoms with Gasteiger partial charge in [0.15, 0.2) is 0 Å². The van der Waals surface area contributed by atoms with Crippen LogP contribution in [0, 0.1) is 20.8 Å². The van der Waals surface area contributed by atoms with Gasteiger partial charge in [-0.15, -0.1) is 0 Å². The van der Waals surface area contributed by atoms with Crippen molar-refractivity contribution >= 4 is 23.6 Å². The smallest absolute Gasteiger partial charge is 0.340 e. The first kappa shape index (κ1) is 21.4. The van der Waals surface area contributed by atoms with Gasteiger partial charge in [-0.2, -0.15) is 0 Å². The summed E-state index contributed by atoms with van der Waals surface area (Å²) in [7, 11) is 1.33. The molecule has 2 heterocycles. The number of carbonyl (C=O) groups excluding carboxylic acids is 2. The molecule has 2 aromatic carbocycles. The topological polar surface area (TPSA) is 51.5 Å². The Labute approximate surface area is 188 Å². The zero-order chi connectivity index (χ0) is 23.0. The molecule has 1 amide bonds. The molecular formula is C27H26N2O3. The molecule has 162 valence electrons. The molecule has 0 aliphatic carbocycles. The Bertz CT molecular complexity index is 1260. The Morgan fingerprint density at radius 3 is 2.19 bits per heavy atom. The van der Waals surface area contributed by atoms with E-state index in [1.165, 1.54) is 7.11 Å². The lowest BCUT2D eigenvalue weighted by Gasteiger charge is -2.18. The third-order valence-corrected chi connectivity index (χ3v) is 5.87. The maximum absolute atomic E-state index is 13.5. The minimum Gasteiger partial charge on any atom is -0.465 e. The fourth-order valence-corrected chi connectivity index (χ4v) is 4.25. The average molecular weight is 427 g/mol. The molecule has 1 aromatic heterocycles. The highest BCUT2D eigenvalue weighted by Crippen LogP contribution is 2.36. The highest BCUT2D eigenvalue weighted by molar-refractivity contribution is 6.23. The Morgan fingerprint density at radius 1 is 0.906 bits per heavy atom. The Kier molecular flexibility index (Phi) is 5.57. The van der Waals surface area contributed by atoms with E-state index in [0.29, 0.717) is 16.8 Å². The standard InChI is InChI=1S/C27H26N2O3/c1-17-11-13-23(14-12-17)29-20(4)25(27(31)32-5)24(26(29)30)16-21-15-18(2)28(19(21)3)22-9-7-6-8-10-22/h6-16H,1-5H3. The summed E-state index contributed by atoms with van der Waals surface area (Å²) >= 11 is 0. The molecule has 4 rings (SSSR count). The number of benzene rings is 2. The summed E-state index contributed by atoms with van der Waals surface area (Å²) in [5.74, 6) is -0.759. The van der Waals surface area contributed by atoms with Crippen molar-refractivity contribution in [1.82, 2.24) is 4.57 Å². The van der Waals surface area contributed by atoms with Gasteiger partial charge < -0.3 is 9.30 Å². The predicted octanol–water partition coefficient (Wildman–Crippen LogP) is 5.28. The number of allylic oxidation sites excluding steroid dienone is 1. The Morgan fingerprint density at radius 2 is 1.56 bits per heavy atom. The molecule has 0 saturated carbocycles. The van der Waals surface area contributed by atoms with E-state index in [-0.39, 0.29) is 5.91 Å². The second kappa shape index (κ2) is 8.35. The molecule has 0 radical (unpaired) electrons. The number of anilines is 1. The zero-order valence-electron chi connectivity index (χ0n) is 19.0. The predicted molar refractivity (Wildman–Crippen MR) is 127 cm³/mol. The molecule has 3 aromatic rings. The fourth-order valence-electron chi connectivity index (χ4n) is 4.25. The van der Waals surface area contributed by atoms with Crippen molar-refractivity contribution in [3.8, 4) is 5.69 Å². The SMILES string of the molecule is COC(=O)C1=C(C)N(c2ccc(C)cc2)C(=O)C1=Cc1cc(C)n(-c2ccccc2)c1C. The van der Waals surface area contributed by atoms with Gasteiger partial charge in [0.05, 0.1) is 18.3 Å². The normalized spacial score (nSPS) is 15.1. The molecular weight excluding hydrogens is 400 g/mol. The van der Waals surface area contributed by atoms with Gasteiger partial charge >= 0.3 is 5.97 Å². The summed E-state index contributed by atoms with van der Waals surface area (Å²) < 4.78 is 7.17. The van der Waals surface area contributed by atoms with Crippen LogP contribution in [0.15, 0.2) is 77.5 Å². The number of aromatic nitrogens is 1. The lowest BCUT2D eigenvalue weighted by Crippen LogP contribution is -2.24. The van der Waals surface area contributed by atoms with E-state index in [4.69, 9.17) is 4.74 Å². The van der Waals surface area contributed by atoms with E-state index in [1.807, 2.05) is 81.4 Å². The maximum atomic E-state index is 13.5. The Balaban J connectivity index is 1.85. The molecule has 5 heteroatoms. The van der Waals surface area contributed by atoms with Gasteiger partial charge in [-0.1, -0.05) is 35.9 Å². The van der Waals surface area contributed by atoms with E-state index in [0.717, 1.165) is 33.9 Å². The monoisotopic (exact) mass is 426 g/mol. The summed E-state index contributed by atoms with van der Waals surface area (Å²) in [6, 6.07) is 19.7. The van der Waals surface area contributed by atoms with Crippen LogP contribution in [0.4, 0.5) is 5.69 Å². The molecule has 0 N–H and O–H groups in total. The molecule has 5 nitrogen and oxygen atoms in total. The number of nitrogens with zero attached hydrogens (tertiary/aromatic N) is 2. The maximum Gasteiger partial charge on any atom is 0.340 e. The molecule has 0 atom stereocenters. The number of para-hydroxylation sites is 1. The second-order valence-corrected chi connectivity index (χ2v) is 7.98. The molecule has 0 fully saturated rings. The lowest BCUT2D eigenvalue weighted by molar-refractivity contribution is -0.136. The largest absolute Gasteiger partial charge is 0.465 e. The summed E-state index contributed by atoms with van der Waals surface area (Å²) in [5, 5.41) is 0. The number of hydrogen-bond acceptors (Lipinski definition) is 3. The second-order valence-electron chi connectivity index (χ2n) is 7.98. The summed E-state index contributed by atoms with van der Waals surface area (Å²) in [6.45, 7) is 7.81. The van der Waals surface area contributed by atoms with Crippen molar-refractivity contribution in [1.29, 1.82) is 0 Å². The van der Waals surface area contributed by atoms with Gasteiger partial charge in [0, 0.05) is 28.5 Å². The van der Waals surface area contributed by atoms with Crippen LogP contribution in [0.5, 0.6) is 0 Å². The first-order valence-electron chi connectivity index (χ1n) is 10.5. The van der Waals surface area contributed by atoms with Crippen molar-refractivity contribution in [3.63, 3.8) is 0 Å². The number of hydrogen-bond donors (Lipinski definition) is 0. The molecule has 0 saturated heterocycles. The molecule has 0 unspecified atom stereocenters. The van der Waals surface area contributed by atoms with E-state index in [1.54, 1.807) is 17.9 Å². The number of ether oxygens (including phenoxy) is 1. The van der Waals surface area contributed by atoms with Crippen LogP contribution in [0.25, 0.3) is 11.8 Å². The first-order valence-corrected chi connectivity index (χ1v) is 10.5. The number of aryl methyl sites for hydroxylation is 2. The molecule has 32 heavy (non-hydrogen) atoms. The number of rotatable bonds is 4. The van der Waals surface area contributed by atoms with Gasteiger partial charge in [-0.3, -0.25) is 9.69 Å². The molecule has 1 aliphatic heterocycles. The zero-order valence-corrected chi connectivity index (χ0v) is 19.0. The van der Waals surface area contributed by atoms with Crippen LogP contribution in [-0.2, 0) is 14.3 Å². The molecule has 0 bridgehead atoms. The van der Waals surface area contributed by atoms with Crippen LogP contribution in [0.3, 0.4) is 0 Å². The van der Waals surface area contributed by atoms with Crippen LogP contribution >= 0.6 is 0 Å². The van der Waals surface area contributed by atoms with Crippen molar-refractivity contribution < 1.29 is 14.3 Å². The number of carbonyl (C=O) groups is 2. The van der Waals surface area contributed by atoms with Gasteiger partial charge in [0.25, 0.3) is 5.91 Å². The van der Waals surface area contributed by atoms with Crippen LogP contribution in [-0.4, -0.2) is 23.6 Å². The van der Waals surface area contributed by atoms with Gasteiger partial charge in [0.2, 0.25) is 0 Å². The van der Waals surface area contributed by atoms with Crippen molar-refractivity contribution in [2.45, 2.75) is 27.7 Å². The summed E-state index contributed by atoms with van der Waals surface area (Å²) in [5.41, 5.74) is 6.98. The average Bonchev–Trinajstić information content (AvgIpc) is 3.20. The first-order chi connectivity index (χ1) is 15.3. The minimum absolute atomic E-state index is 0.240. The van der Waals surface area contributed by atoms with Crippen LogP contribution in [0.2, 0.25) is 0 Å². The van der Waals surface area contributed by atoms with Gasteiger partial charge in [0.1, 0.15) is 0 Å². The van der Waals surface area contributed by atoms with E-state index in [2.05, 4.69) is 4.57 Å². The van der Waals surface area contributed by atoms with E-state index < -0.39 is 5.97 Å². The third kappa shape index (κ3) is 3.56. The minimum atomic E-state index is -0.520. The van der Waals surface area contributed by atoms with Gasteiger partial charge in [-0.05, 0) is 69.7 Å². The van der Waals surface area contributed by atoms with E-state index >= 15 is 0 Å². The van der Waals surface area contributed by atoms with Crippen LogP contribution in [0.1, 0.15) is 29.4 Å². The summed E-state index contributed by atoms with van der Waals surface area (Å²) in [6.07, 6.45) is 1.80. The molecule has 1 aliphatic rings. The lowest BCUT2D eigenvalue weighted by atomic mass is 10.0. The number of methoxy groups -OCH3 is 1. The van der Waals surface area contributed by atoms with Crippen molar-refractivity contribution in [3.05, 3.63) is 100 Å². The van der Waals surface area contributed by atoms with Crippen LogP contribution < -0.4 is 4.90 Å². The van der Waals surface area contributed by atoms with E-state index in [9.17, 15) is 9.59 Å². The fraction of sp³-hybridized carbons (Fsp3) is 0.185. The molecule has 0 spiro atoms. The Hall–Kier alpha value is -3.86. The van der Waals surface area contributed by atoms with Crippen molar-refractivity contribution in [2.75, 3.05) is 12.0 Å². The van der Waals surface area contributed by atoms with Crippen molar-refractivity contribution in [2.24, 2.45) is 0 Å². The van der Waals surface area contributed by atoms with Gasteiger partial charge in [-0.25, -0.2) is 4.79 Å². The highest BCUT2D eigenvalue weighted by Gasteiger charge is 2.38. The third-order valence-electron chi connectivity index (χ3n) is 5.87. The quantitative estimate of drug-likeness (QED) is 0.421. The highest BCUT2D eigenvalue weighted by atomic mass is 16.5. The summed E-state index contributed by atoms with van der Waals surface area (Å²) in [4.78, 5) is 27.8. The number of amides is 1.